The molecule has 1 aromatic carbocycles. The Labute approximate surface area is 113 Å². The average molecular weight is 263 g/mol. The van der Waals surface area contributed by atoms with Gasteiger partial charge in [-0.2, -0.15) is 0 Å². The van der Waals surface area contributed by atoms with Gasteiger partial charge in [0, 0.05) is 6.54 Å². The molecule has 1 atom stereocenters. The van der Waals surface area contributed by atoms with Crippen molar-refractivity contribution in [2.24, 2.45) is 5.92 Å². The highest BCUT2D eigenvalue weighted by Gasteiger charge is 2.29. The number of hydrogen-bond donors (Lipinski definition) is 2. The van der Waals surface area contributed by atoms with Crippen molar-refractivity contribution in [3.63, 3.8) is 0 Å². The van der Waals surface area contributed by atoms with Gasteiger partial charge in [-0.25, -0.2) is 0 Å². The number of hydrogen-bond acceptors (Lipinski definition) is 3. The van der Waals surface area contributed by atoms with Gasteiger partial charge in [-0.3, -0.25) is 4.79 Å². The molecule has 4 nitrogen and oxygen atoms in total. The third kappa shape index (κ3) is 3.96. The van der Waals surface area contributed by atoms with Crippen molar-refractivity contribution < 1.29 is 14.6 Å². The van der Waals surface area contributed by atoms with Gasteiger partial charge in [0.05, 0.1) is 6.10 Å². The highest BCUT2D eigenvalue weighted by Crippen LogP contribution is 2.32. The number of aliphatic hydroxyl groups is 1. The van der Waals surface area contributed by atoms with Crippen molar-refractivity contribution in [2.45, 2.75) is 32.8 Å². The van der Waals surface area contributed by atoms with Crippen LogP contribution < -0.4 is 10.1 Å². The lowest BCUT2D eigenvalue weighted by Crippen LogP contribution is -2.36. The first-order chi connectivity index (χ1) is 9.08. The molecule has 4 heteroatoms. The largest absolute Gasteiger partial charge is 0.483 e. The number of rotatable bonds is 6. The van der Waals surface area contributed by atoms with Crippen molar-refractivity contribution in [1.29, 1.82) is 0 Å². The number of carbonyl (C=O) groups excluding carboxylic acids is 1. The van der Waals surface area contributed by atoms with E-state index in [-0.39, 0.29) is 12.5 Å². The molecule has 1 aliphatic rings. The topological polar surface area (TPSA) is 58.6 Å². The van der Waals surface area contributed by atoms with E-state index in [1.54, 1.807) is 0 Å². The number of nitrogens with one attached hydrogen (secondary N) is 1. The van der Waals surface area contributed by atoms with Gasteiger partial charge >= 0.3 is 0 Å². The van der Waals surface area contributed by atoms with Crippen molar-refractivity contribution in [2.75, 3.05) is 13.2 Å². The van der Waals surface area contributed by atoms with Crippen LogP contribution in [-0.2, 0) is 4.79 Å². The number of aliphatic hydroxyl groups excluding tert-OH is 1. The average Bonchev–Trinajstić information content (AvgIpc) is 3.19. The molecular formula is C15H21NO3. The number of amides is 1. The number of benzene rings is 1. The second-order valence-electron chi connectivity index (χ2n) is 5.22. The summed E-state index contributed by atoms with van der Waals surface area (Å²) < 4.78 is 5.54. The second kappa shape index (κ2) is 6.06. The molecule has 0 saturated heterocycles. The highest BCUT2D eigenvalue weighted by atomic mass is 16.5. The molecule has 0 bridgehead atoms. The van der Waals surface area contributed by atoms with E-state index in [0.717, 1.165) is 29.7 Å². The summed E-state index contributed by atoms with van der Waals surface area (Å²) in [5, 5.41) is 12.4. The Kier molecular flexibility index (Phi) is 4.43. The Morgan fingerprint density at radius 2 is 2.05 bits per heavy atom. The number of para-hydroxylation sites is 1. The van der Waals surface area contributed by atoms with Crippen LogP contribution in [0.1, 0.15) is 24.0 Å². The maximum absolute atomic E-state index is 11.6. The van der Waals surface area contributed by atoms with Crippen molar-refractivity contribution in [1.82, 2.24) is 5.32 Å². The van der Waals surface area contributed by atoms with E-state index in [1.165, 1.54) is 0 Å². The summed E-state index contributed by atoms with van der Waals surface area (Å²) in [7, 11) is 0. The molecular weight excluding hydrogens is 242 g/mol. The second-order valence-corrected chi connectivity index (χ2v) is 5.22. The Bertz CT molecular complexity index is 434. The predicted molar refractivity (Wildman–Crippen MR) is 73.2 cm³/mol. The molecule has 1 aliphatic carbocycles. The van der Waals surface area contributed by atoms with Crippen LogP contribution in [0.15, 0.2) is 18.2 Å². The molecule has 0 aromatic heterocycles. The maximum Gasteiger partial charge on any atom is 0.258 e. The zero-order valence-electron chi connectivity index (χ0n) is 11.5. The lowest BCUT2D eigenvalue weighted by Gasteiger charge is -2.13. The van der Waals surface area contributed by atoms with E-state index in [9.17, 15) is 9.90 Å². The molecule has 1 unspecified atom stereocenters. The molecule has 0 aliphatic heterocycles. The normalized spacial score (nSPS) is 15.9. The van der Waals surface area contributed by atoms with Crippen LogP contribution in [0.5, 0.6) is 5.75 Å². The standard InChI is InChI=1S/C15H21NO3/c1-10-4-3-5-11(2)15(10)19-9-14(18)16-8-13(17)12-6-7-12/h3-5,12-13,17H,6-9H2,1-2H3,(H,16,18). The van der Waals surface area contributed by atoms with E-state index >= 15 is 0 Å². The monoisotopic (exact) mass is 263 g/mol. The number of ether oxygens (including phenoxy) is 1. The molecule has 1 fully saturated rings. The Morgan fingerprint density at radius 3 is 2.63 bits per heavy atom. The molecule has 2 N–H and O–H groups in total. The van der Waals surface area contributed by atoms with Gasteiger partial charge in [-0.1, -0.05) is 18.2 Å². The van der Waals surface area contributed by atoms with E-state index in [2.05, 4.69) is 5.32 Å². The first-order valence-corrected chi connectivity index (χ1v) is 6.71. The third-order valence-electron chi connectivity index (χ3n) is 3.43. The molecule has 1 amide bonds. The molecule has 104 valence electrons. The fourth-order valence-electron chi connectivity index (χ4n) is 2.08. The molecule has 1 aromatic rings. The maximum atomic E-state index is 11.6. The smallest absolute Gasteiger partial charge is 0.258 e. The first kappa shape index (κ1) is 13.9. The summed E-state index contributed by atoms with van der Waals surface area (Å²) in [4.78, 5) is 11.6. The van der Waals surface area contributed by atoms with Crippen LogP contribution >= 0.6 is 0 Å². The summed E-state index contributed by atoms with van der Waals surface area (Å²) in [6, 6.07) is 5.87. The van der Waals surface area contributed by atoms with Crippen LogP contribution in [0.2, 0.25) is 0 Å². The number of carbonyl (C=O) groups is 1. The van der Waals surface area contributed by atoms with E-state index in [1.807, 2.05) is 32.0 Å². The number of aryl methyl sites for hydroxylation is 2. The van der Waals surface area contributed by atoms with Gasteiger partial charge in [-0.05, 0) is 43.7 Å². The fourth-order valence-corrected chi connectivity index (χ4v) is 2.08. The van der Waals surface area contributed by atoms with Crippen LogP contribution in [0.3, 0.4) is 0 Å². The molecule has 0 heterocycles. The van der Waals surface area contributed by atoms with Gasteiger partial charge in [-0.15, -0.1) is 0 Å². The van der Waals surface area contributed by atoms with E-state index < -0.39 is 6.10 Å². The van der Waals surface area contributed by atoms with E-state index in [4.69, 9.17) is 4.74 Å². The zero-order valence-corrected chi connectivity index (χ0v) is 11.5. The van der Waals surface area contributed by atoms with Gasteiger partial charge in [0.15, 0.2) is 6.61 Å². The summed E-state index contributed by atoms with van der Waals surface area (Å²) in [5.41, 5.74) is 2.04. The van der Waals surface area contributed by atoms with Gasteiger partial charge < -0.3 is 15.2 Å². The van der Waals surface area contributed by atoms with Gasteiger partial charge in [0.2, 0.25) is 0 Å². The Morgan fingerprint density at radius 1 is 1.42 bits per heavy atom. The van der Waals surface area contributed by atoms with Crippen molar-refractivity contribution in [3.05, 3.63) is 29.3 Å². The van der Waals surface area contributed by atoms with E-state index in [0.29, 0.717) is 12.5 Å². The molecule has 0 radical (unpaired) electrons. The summed E-state index contributed by atoms with van der Waals surface area (Å²) in [6.07, 6.45) is 1.72. The van der Waals surface area contributed by atoms with Gasteiger partial charge in [0.1, 0.15) is 5.75 Å². The van der Waals surface area contributed by atoms with Crippen LogP contribution in [0.4, 0.5) is 0 Å². The summed E-state index contributed by atoms with van der Waals surface area (Å²) in [5.74, 6) is 0.947. The highest BCUT2D eigenvalue weighted by molar-refractivity contribution is 5.77. The third-order valence-corrected chi connectivity index (χ3v) is 3.43. The minimum absolute atomic E-state index is 0.0108. The van der Waals surface area contributed by atoms with Crippen LogP contribution in [0, 0.1) is 19.8 Å². The van der Waals surface area contributed by atoms with Gasteiger partial charge in [0.25, 0.3) is 5.91 Å². The predicted octanol–water partition coefficient (Wildman–Crippen LogP) is 1.57. The molecule has 2 rings (SSSR count). The SMILES string of the molecule is Cc1cccc(C)c1OCC(=O)NCC(O)C1CC1. The molecule has 1 saturated carbocycles. The van der Waals surface area contributed by atoms with Crippen LogP contribution in [-0.4, -0.2) is 30.3 Å². The van der Waals surface area contributed by atoms with Crippen LogP contribution in [0.25, 0.3) is 0 Å². The molecule has 0 spiro atoms. The van der Waals surface area contributed by atoms with Crippen molar-refractivity contribution >= 4 is 5.91 Å². The Balaban J connectivity index is 1.76. The summed E-state index contributed by atoms with van der Waals surface area (Å²) in [6.45, 7) is 4.22. The quantitative estimate of drug-likeness (QED) is 0.819. The Hall–Kier alpha value is -1.55. The summed E-state index contributed by atoms with van der Waals surface area (Å²) >= 11 is 0. The van der Waals surface area contributed by atoms with Crippen molar-refractivity contribution in [3.8, 4) is 5.75 Å². The first-order valence-electron chi connectivity index (χ1n) is 6.71. The zero-order chi connectivity index (χ0) is 13.8. The minimum atomic E-state index is -0.413. The molecule has 19 heavy (non-hydrogen) atoms. The lowest BCUT2D eigenvalue weighted by atomic mass is 10.1. The lowest BCUT2D eigenvalue weighted by molar-refractivity contribution is -0.123. The minimum Gasteiger partial charge on any atom is -0.483 e. The fraction of sp³-hybridized carbons (Fsp3) is 0.533.